The Morgan fingerprint density at radius 2 is 1.55 bits per heavy atom. The largest absolute Gasteiger partial charge is 0.489 e. The molecule has 3 heteroatoms. The SMILES string of the molecule is O=C1CCCCCC1(c1ccc(OCc2ccccc2)cc1)c1ccccc1F. The second-order valence-corrected chi connectivity index (χ2v) is 7.67. The van der Waals surface area contributed by atoms with E-state index < -0.39 is 5.41 Å². The van der Waals surface area contributed by atoms with Gasteiger partial charge in [-0.25, -0.2) is 4.39 Å². The molecule has 148 valence electrons. The first-order valence-corrected chi connectivity index (χ1v) is 10.3. The highest BCUT2D eigenvalue weighted by molar-refractivity contribution is 5.94. The van der Waals surface area contributed by atoms with Crippen molar-refractivity contribution in [3.8, 4) is 5.75 Å². The Balaban J connectivity index is 1.66. The molecule has 0 amide bonds. The van der Waals surface area contributed by atoms with Gasteiger partial charge in [0, 0.05) is 12.0 Å². The van der Waals surface area contributed by atoms with Crippen molar-refractivity contribution < 1.29 is 13.9 Å². The van der Waals surface area contributed by atoms with Gasteiger partial charge in [0.05, 0.1) is 5.41 Å². The smallest absolute Gasteiger partial charge is 0.147 e. The van der Waals surface area contributed by atoms with Crippen LogP contribution in [0.4, 0.5) is 4.39 Å². The van der Waals surface area contributed by atoms with E-state index in [1.54, 1.807) is 12.1 Å². The van der Waals surface area contributed by atoms with Crippen LogP contribution in [0.1, 0.15) is 48.8 Å². The average molecular weight is 388 g/mol. The van der Waals surface area contributed by atoms with Crippen LogP contribution in [0.3, 0.4) is 0 Å². The summed E-state index contributed by atoms with van der Waals surface area (Å²) in [4.78, 5) is 13.3. The molecule has 0 radical (unpaired) electrons. The Morgan fingerprint density at radius 1 is 0.828 bits per heavy atom. The Bertz CT molecular complexity index is 966. The molecule has 0 bridgehead atoms. The number of hydrogen-bond donors (Lipinski definition) is 0. The Hall–Kier alpha value is -2.94. The molecule has 4 rings (SSSR count). The molecule has 0 aliphatic heterocycles. The van der Waals surface area contributed by atoms with Crippen molar-refractivity contribution in [3.63, 3.8) is 0 Å². The van der Waals surface area contributed by atoms with E-state index in [0.717, 1.165) is 36.1 Å². The zero-order valence-electron chi connectivity index (χ0n) is 16.4. The minimum atomic E-state index is -0.917. The fraction of sp³-hybridized carbons (Fsp3) is 0.269. The third-order valence-electron chi connectivity index (χ3n) is 5.86. The van der Waals surface area contributed by atoms with Crippen LogP contribution in [-0.4, -0.2) is 5.78 Å². The van der Waals surface area contributed by atoms with Gasteiger partial charge in [0.2, 0.25) is 0 Å². The van der Waals surface area contributed by atoms with Crippen LogP contribution in [-0.2, 0) is 16.8 Å². The number of carbonyl (C=O) groups excluding carboxylic acids is 1. The van der Waals surface area contributed by atoms with Crippen molar-refractivity contribution in [1.29, 1.82) is 0 Å². The van der Waals surface area contributed by atoms with Crippen LogP contribution in [0, 0.1) is 5.82 Å². The van der Waals surface area contributed by atoms with E-state index >= 15 is 0 Å². The minimum Gasteiger partial charge on any atom is -0.489 e. The van der Waals surface area contributed by atoms with Crippen LogP contribution in [0.25, 0.3) is 0 Å². The summed E-state index contributed by atoms with van der Waals surface area (Å²) in [5.74, 6) is 0.535. The molecule has 1 saturated carbocycles. The lowest BCUT2D eigenvalue weighted by Gasteiger charge is -2.33. The van der Waals surface area contributed by atoms with Gasteiger partial charge in [-0.15, -0.1) is 0 Å². The molecule has 2 nitrogen and oxygen atoms in total. The van der Waals surface area contributed by atoms with Crippen molar-refractivity contribution in [3.05, 3.63) is 101 Å². The summed E-state index contributed by atoms with van der Waals surface area (Å²) in [5, 5.41) is 0. The molecule has 0 spiro atoms. The van der Waals surface area contributed by atoms with Crippen LogP contribution in [0.15, 0.2) is 78.9 Å². The Kier molecular flexibility index (Phi) is 5.75. The van der Waals surface area contributed by atoms with Gasteiger partial charge in [0.1, 0.15) is 24.0 Å². The Labute approximate surface area is 171 Å². The van der Waals surface area contributed by atoms with E-state index in [-0.39, 0.29) is 11.6 Å². The fourth-order valence-electron chi connectivity index (χ4n) is 4.33. The molecule has 0 saturated heterocycles. The third-order valence-corrected chi connectivity index (χ3v) is 5.86. The van der Waals surface area contributed by atoms with Crippen molar-refractivity contribution in [2.45, 2.75) is 44.1 Å². The molecule has 0 heterocycles. The number of rotatable bonds is 5. The highest BCUT2D eigenvalue weighted by Crippen LogP contribution is 2.43. The first-order valence-electron chi connectivity index (χ1n) is 10.3. The van der Waals surface area contributed by atoms with Gasteiger partial charge in [0.25, 0.3) is 0 Å². The van der Waals surface area contributed by atoms with Crippen LogP contribution in [0.5, 0.6) is 5.75 Å². The topological polar surface area (TPSA) is 26.3 Å². The van der Waals surface area contributed by atoms with E-state index in [2.05, 4.69) is 0 Å². The summed E-state index contributed by atoms with van der Waals surface area (Å²) >= 11 is 0. The number of halogens is 1. The van der Waals surface area contributed by atoms with E-state index in [4.69, 9.17) is 4.74 Å². The molecule has 29 heavy (non-hydrogen) atoms. The molecule has 1 fully saturated rings. The lowest BCUT2D eigenvalue weighted by molar-refractivity contribution is -0.123. The van der Waals surface area contributed by atoms with Crippen LogP contribution < -0.4 is 4.74 Å². The third kappa shape index (κ3) is 3.95. The molecular weight excluding hydrogens is 363 g/mol. The summed E-state index contributed by atoms with van der Waals surface area (Å²) in [7, 11) is 0. The first-order chi connectivity index (χ1) is 14.2. The van der Waals surface area contributed by atoms with Gasteiger partial charge in [-0.2, -0.15) is 0 Å². The zero-order valence-corrected chi connectivity index (χ0v) is 16.4. The molecule has 0 N–H and O–H groups in total. The standard InChI is InChI=1S/C26H25FO2/c27-24-12-7-6-11-23(24)26(18-8-2-5-13-25(26)28)21-14-16-22(17-15-21)29-19-20-9-3-1-4-10-20/h1,3-4,6-7,9-12,14-17H,2,5,8,13,18-19H2. The van der Waals surface area contributed by atoms with Crippen molar-refractivity contribution in [1.82, 2.24) is 0 Å². The lowest BCUT2D eigenvalue weighted by Crippen LogP contribution is -2.37. The summed E-state index contributed by atoms with van der Waals surface area (Å²) in [6.07, 6.45) is 3.90. The quantitative estimate of drug-likeness (QED) is 0.485. The van der Waals surface area contributed by atoms with Gasteiger partial charge in [-0.05, 0) is 42.2 Å². The maximum Gasteiger partial charge on any atom is 0.147 e. The van der Waals surface area contributed by atoms with Crippen molar-refractivity contribution in [2.75, 3.05) is 0 Å². The predicted octanol–water partition coefficient (Wildman–Crippen LogP) is 6.22. The van der Waals surface area contributed by atoms with Crippen molar-refractivity contribution >= 4 is 5.78 Å². The number of carbonyl (C=O) groups is 1. The Morgan fingerprint density at radius 3 is 2.31 bits per heavy atom. The lowest BCUT2D eigenvalue weighted by atomic mass is 9.68. The predicted molar refractivity (Wildman–Crippen MR) is 112 cm³/mol. The molecule has 3 aromatic rings. The average Bonchev–Trinajstić information content (AvgIpc) is 2.96. The van der Waals surface area contributed by atoms with Gasteiger partial charge in [-0.1, -0.05) is 73.5 Å². The summed E-state index contributed by atoms with van der Waals surface area (Å²) < 4.78 is 20.7. The highest BCUT2D eigenvalue weighted by atomic mass is 19.1. The number of hydrogen-bond acceptors (Lipinski definition) is 2. The summed E-state index contributed by atoms with van der Waals surface area (Å²) in [6, 6.07) is 24.3. The number of Topliss-reactive ketones (excluding diaryl/α,β-unsaturated/α-hetero) is 1. The number of ether oxygens (including phenoxy) is 1. The van der Waals surface area contributed by atoms with E-state index in [1.165, 1.54) is 6.07 Å². The summed E-state index contributed by atoms with van der Waals surface area (Å²) in [6.45, 7) is 0.484. The van der Waals surface area contributed by atoms with E-state index in [0.29, 0.717) is 25.0 Å². The van der Waals surface area contributed by atoms with E-state index in [1.807, 2.05) is 60.7 Å². The molecule has 3 aromatic carbocycles. The minimum absolute atomic E-state index is 0.109. The van der Waals surface area contributed by atoms with Crippen LogP contribution in [0.2, 0.25) is 0 Å². The van der Waals surface area contributed by atoms with Crippen molar-refractivity contribution in [2.24, 2.45) is 0 Å². The molecule has 0 aromatic heterocycles. The van der Waals surface area contributed by atoms with Crippen LogP contribution >= 0.6 is 0 Å². The monoisotopic (exact) mass is 388 g/mol. The van der Waals surface area contributed by atoms with Gasteiger partial charge in [0.15, 0.2) is 0 Å². The summed E-state index contributed by atoms with van der Waals surface area (Å²) in [5.41, 5.74) is 1.52. The van der Waals surface area contributed by atoms with E-state index in [9.17, 15) is 9.18 Å². The molecule has 1 atom stereocenters. The normalized spacial score (nSPS) is 19.6. The number of benzene rings is 3. The molecule has 1 aliphatic rings. The first kappa shape index (κ1) is 19.4. The maximum absolute atomic E-state index is 14.8. The molecule has 1 unspecified atom stereocenters. The van der Waals surface area contributed by atoms with Gasteiger partial charge < -0.3 is 4.74 Å². The number of ketones is 1. The fourth-order valence-corrected chi connectivity index (χ4v) is 4.33. The molecule has 1 aliphatic carbocycles. The zero-order chi connectivity index (χ0) is 20.1. The second-order valence-electron chi connectivity index (χ2n) is 7.67. The van der Waals surface area contributed by atoms with Gasteiger partial charge >= 0.3 is 0 Å². The molecular formula is C26H25FO2. The maximum atomic E-state index is 14.8. The second kappa shape index (κ2) is 8.60. The van der Waals surface area contributed by atoms with Gasteiger partial charge in [-0.3, -0.25) is 4.79 Å². The highest BCUT2D eigenvalue weighted by Gasteiger charge is 2.43.